The number of hydrogen-bond donors (Lipinski definition) is 2. The molecule has 0 fully saturated rings. The zero-order chi connectivity index (χ0) is 12.2. The molecule has 1 rings (SSSR count). The first kappa shape index (κ1) is 13.1. The molecule has 0 aliphatic carbocycles. The summed E-state index contributed by atoms with van der Waals surface area (Å²) < 4.78 is 23.9. The zero-order valence-corrected chi connectivity index (χ0v) is 9.76. The molecule has 2 N–H and O–H groups in total. The fraction of sp³-hybridized carbons (Fsp3) is 0.750. The minimum absolute atomic E-state index is 0.0547. The molecule has 1 unspecified atom stereocenters. The number of sulfone groups is 1. The van der Waals surface area contributed by atoms with Crippen LogP contribution >= 0.6 is 0 Å². The van der Waals surface area contributed by atoms with Gasteiger partial charge in [-0.05, 0) is 0 Å². The predicted molar refractivity (Wildman–Crippen MR) is 56.3 cm³/mol. The Morgan fingerprint density at radius 2 is 2.25 bits per heavy atom. The highest BCUT2D eigenvalue weighted by atomic mass is 32.2. The normalized spacial score (nSPS) is 13.9. The molecule has 16 heavy (non-hydrogen) atoms. The van der Waals surface area contributed by atoms with Crippen molar-refractivity contribution >= 4 is 9.84 Å². The molecule has 0 saturated carbocycles. The second-order valence-corrected chi connectivity index (χ2v) is 5.80. The van der Waals surface area contributed by atoms with E-state index in [1.165, 1.54) is 10.9 Å². The van der Waals surface area contributed by atoms with Crippen LogP contribution in [0, 0.1) is 0 Å². The van der Waals surface area contributed by atoms with E-state index in [1.807, 2.05) is 0 Å². The lowest BCUT2D eigenvalue weighted by atomic mass is 10.4. The topological polar surface area (TPSA) is 105 Å². The van der Waals surface area contributed by atoms with E-state index in [0.29, 0.717) is 5.69 Å². The van der Waals surface area contributed by atoms with Crippen LogP contribution in [0.5, 0.6) is 0 Å². The van der Waals surface area contributed by atoms with Gasteiger partial charge in [-0.25, -0.2) is 13.1 Å². The molecule has 1 aromatic rings. The number of nitrogens with zero attached hydrogens (tertiary/aromatic N) is 3. The van der Waals surface area contributed by atoms with Gasteiger partial charge in [0.25, 0.3) is 0 Å². The molecule has 8 heteroatoms. The van der Waals surface area contributed by atoms with Gasteiger partial charge in [0.05, 0.1) is 30.7 Å². The largest absolute Gasteiger partial charge is 0.394 e. The Labute approximate surface area is 93.6 Å². The van der Waals surface area contributed by atoms with E-state index in [0.717, 1.165) is 0 Å². The van der Waals surface area contributed by atoms with Crippen LogP contribution in [0.25, 0.3) is 0 Å². The minimum atomic E-state index is -3.12. The van der Waals surface area contributed by atoms with Crippen LogP contribution < -0.4 is 0 Å². The van der Waals surface area contributed by atoms with Gasteiger partial charge in [0.2, 0.25) is 0 Å². The molecule has 0 amide bonds. The van der Waals surface area contributed by atoms with Crippen molar-refractivity contribution in [3.63, 3.8) is 0 Å². The quantitative estimate of drug-likeness (QED) is 0.640. The first-order valence-corrected chi connectivity index (χ1v) is 6.67. The van der Waals surface area contributed by atoms with Gasteiger partial charge >= 0.3 is 0 Å². The lowest BCUT2D eigenvalue weighted by Gasteiger charge is -2.04. The molecular formula is C8H15N3O4S. The summed E-state index contributed by atoms with van der Waals surface area (Å²) in [6, 6.07) is 0. The fourth-order valence-electron chi connectivity index (χ4n) is 1.09. The second-order valence-electron chi connectivity index (χ2n) is 3.44. The maximum absolute atomic E-state index is 11.3. The third-order valence-electron chi connectivity index (χ3n) is 2.00. The lowest BCUT2D eigenvalue weighted by Crippen LogP contribution is -2.20. The highest BCUT2D eigenvalue weighted by molar-refractivity contribution is 7.90. The predicted octanol–water partition coefficient (Wildman–Crippen LogP) is -1.43. The second kappa shape index (κ2) is 5.37. The van der Waals surface area contributed by atoms with Crippen molar-refractivity contribution in [1.29, 1.82) is 0 Å². The molecule has 1 heterocycles. The van der Waals surface area contributed by atoms with E-state index in [1.54, 1.807) is 6.92 Å². The van der Waals surface area contributed by atoms with Crippen LogP contribution in [0.4, 0.5) is 0 Å². The smallest absolute Gasteiger partial charge is 0.155 e. The molecule has 1 aromatic heterocycles. The van der Waals surface area contributed by atoms with Crippen molar-refractivity contribution < 1.29 is 18.6 Å². The summed E-state index contributed by atoms with van der Waals surface area (Å²) in [5, 5.41) is 25.1. The zero-order valence-electron chi connectivity index (χ0n) is 8.94. The highest BCUT2D eigenvalue weighted by Gasteiger charge is 2.13. The monoisotopic (exact) mass is 249 g/mol. The minimum Gasteiger partial charge on any atom is -0.394 e. The Morgan fingerprint density at radius 1 is 1.56 bits per heavy atom. The third-order valence-corrected chi connectivity index (χ3v) is 3.62. The highest BCUT2D eigenvalue weighted by Crippen LogP contribution is 2.02. The maximum atomic E-state index is 11.3. The van der Waals surface area contributed by atoms with Crippen LogP contribution in [-0.4, -0.2) is 52.1 Å². The number of rotatable bonds is 6. The Morgan fingerprint density at radius 3 is 2.81 bits per heavy atom. The van der Waals surface area contributed by atoms with Crippen molar-refractivity contribution in [1.82, 2.24) is 15.0 Å². The molecule has 0 radical (unpaired) electrons. The summed E-state index contributed by atoms with van der Waals surface area (Å²) in [5.74, 6) is -0.0994. The molecule has 7 nitrogen and oxygen atoms in total. The third kappa shape index (κ3) is 3.87. The van der Waals surface area contributed by atoms with E-state index in [-0.39, 0.29) is 24.7 Å². The van der Waals surface area contributed by atoms with Crippen LogP contribution in [0.3, 0.4) is 0 Å². The van der Waals surface area contributed by atoms with E-state index in [9.17, 15) is 8.42 Å². The van der Waals surface area contributed by atoms with Gasteiger partial charge in [-0.1, -0.05) is 12.1 Å². The van der Waals surface area contributed by atoms with Gasteiger partial charge in [0.15, 0.2) is 9.84 Å². The van der Waals surface area contributed by atoms with Crippen LogP contribution in [0.15, 0.2) is 6.20 Å². The molecular weight excluding hydrogens is 234 g/mol. The van der Waals surface area contributed by atoms with Crippen molar-refractivity contribution in [2.45, 2.75) is 25.3 Å². The number of hydrogen-bond acceptors (Lipinski definition) is 6. The van der Waals surface area contributed by atoms with E-state index < -0.39 is 15.9 Å². The van der Waals surface area contributed by atoms with Gasteiger partial charge in [-0.3, -0.25) is 0 Å². The Bertz CT molecular complexity index is 428. The van der Waals surface area contributed by atoms with Gasteiger partial charge in [-0.15, -0.1) is 5.10 Å². The van der Waals surface area contributed by atoms with E-state index in [2.05, 4.69) is 10.3 Å². The van der Waals surface area contributed by atoms with E-state index in [4.69, 9.17) is 10.2 Å². The van der Waals surface area contributed by atoms with Crippen LogP contribution in [0.2, 0.25) is 0 Å². The molecule has 0 aromatic carbocycles. The Kier molecular flexibility index (Phi) is 4.39. The summed E-state index contributed by atoms with van der Waals surface area (Å²) in [4.78, 5) is 0. The standard InChI is InChI=1S/C8H15N3O4S/c1-2-16(14,15)6-7-3-11(10-9-7)4-8(13)5-12/h3,8,12-13H,2,4-6H2,1H3. The average Bonchev–Trinajstić information content (AvgIpc) is 2.64. The van der Waals surface area contributed by atoms with Gasteiger partial charge in [-0.2, -0.15) is 0 Å². The van der Waals surface area contributed by atoms with Crippen LogP contribution in [-0.2, 0) is 22.1 Å². The summed E-state index contributed by atoms with van der Waals surface area (Å²) >= 11 is 0. The Balaban J connectivity index is 2.65. The van der Waals surface area contributed by atoms with Gasteiger partial charge in [0.1, 0.15) is 0 Å². The van der Waals surface area contributed by atoms with Crippen molar-refractivity contribution in [2.24, 2.45) is 0 Å². The van der Waals surface area contributed by atoms with Crippen molar-refractivity contribution in [3.8, 4) is 0 Å². The first-order chi connectivity index (χ1) is 7.46. The first-order valence-electron chi connectivity index (χ1n) is 4.85. The van der Waals surface area contributed by atoms with E-state index >= 15 is 0 Å². The molecule has 0 aliphatic rings. The molecule has 1 atom stereocenters. The lowest BCUT2D eigenvalue weighted by molar-refractivity contribution is 0.0778. The number of aliphatic hydroxyl groups is 2. The van der Waals surface area contributed by atoms with Crippen LogP contribution in [0.1, 0.15) is 12.6 Å². The van der Waals surface area contributed by atoms with Gasteiger partial charge < -0.3 is 10.2 Å². The fourth-order valence-corrected chi connectivity index (χ4v) is 1.88. The maximum Gasteiger partial charge on any atom is 0.155 e. The number of aromatic nitrogens is 3. The SMILES string of the molecule is CCS(=O)(=O)Cc1cn(CC(O)CO)nn1. The summed E-state index contributed by atoms with van der Waals surface area (Å²) in [6.07, 6.45) is 0.531. The molecule has 0 bridgehead atoms. The summed E-state index contributed by atoms with van der Waals surface area (Å²) in [6.45, 7) is 1.29. The van der Waals surface area contributed by atoms with Crippen molar-refractivity contribution in [2.75, 3.05) is 12.4 Å². The van der Waals surface area contributed by atoms with Crippen molar-refractivity contribution in [3.05, 3.63) is 11.9 Å². The molecule has 92 valence electrons. The number of aliphatic hydroxyl groups excluding tert-OH is 2. The average molecular weight is 249 g/mol. The molecule has 0 spiro atoms. The molecule has 0 saturated heterocycles. The van der Waals surface area contributed by atoms with Gasteiger partial charge in [0, 0.05) is 11.9 Å². The molecule has 0 aliphatic heterocycles. The summed E-state index contributed by atoms with van der Waals surface area (Å²) in [7, 11) is -3.12. The Hall–Kier alpha value is -0.990. The summed E-state index contributed by atoms with van der Waals surface area (Å²) in [5.41, 5.74) is 0.340.